The number of hydrogen-bond acceptors (Lipinski definition) is 3. The first kappa shape index (κ1) is 17.0. The minimum Gasteiger partial charge on any atom is -0.444 e. The number of fused-ring (bicyclic) bond motifs is 1. The minimum atomic E-state index is -1.16. The molecule has 4 nitrogen and oxygen atoms in total. The Balaban J connectivity index is 1.65. The van der Waals surface area contributed by atoms with Gasteiger partial charge in [0.1, 0.15) is 5.82 Å². The third-order valence-corrected chi connectivity index (χ3v) is 4.47. The van der Waals surface area contributed by atoms with Gasteiger partial charge in [0.05, 0.1) is 17.8 Å². The number of carbonyl (C=O) groups excluding carboxylic acids is 2. The van der Waals surface area contributed by atoms with Gasteiger partial charge in [-0.2, -0.15) is 0 Å². The van der Waals surface area contributed by atoms with Crippen LogP contribution in [0.15, 0.2) is 78.9 Å². The average molecular weight is 361 g/mol. The smallest absolute Gasteiger partial charge is 0.339 e. The third kappa shape index (κ3) is 3.31. The van der Waals surface area contributed by atoms with E-state index >= 15 is 0 Å². The summed E-state index contributed by atoms with van der Waals surface area (Å²) in [5, 5.41) is 0. The summed E-state index contributed by atoms with van der Waals surface area (Å²) >= 11 is 0. The van der Waals surface area contributed by atoms with Crippen LogP contribution in [0.5, 0.6) is 0 Å². The summed E-state index contributed by atoms with van der Waals surface area (Å²) in [7, 11) is 0. The molecule has 0 saturated heterocycles. The van der Waals surface area contributed by atoms with Crippen molar-refractivity contribution in [1.29, 1.82) is 0 Å². The van der Waals surface area contributed by atoms with E-state index in [2.05, 4.69) is 0 Å². The molecule has 4 rings (SSSR count). The van der Waals surface area contributed by atoms with Gasteiger partial charge < -0.3 is 9.64 Å². The molecule has 0 radical (unpaired) electrons. The van der Waals surface area contributed by atoms with Crippen LogP contribution in [0.2, 0.25) is 0 Å². The van der Waals surface area contributed by atoms with Crippen molar-refractivity contribution in [3.8, 4) is 0 Å². The normalized spacial score (nSPS) is 15.5. The molecular weight excluding hydrogens is 345 g/mol. The van der Waals surface area contributed by atoms with E-state index in [-0.39, 0.29) is 5.91 Å². The monoisotopic (exact) mass is 361 g/mol. The SMILES string of the molecule is O=C(OC1C(=O)N(Cc2ccccc2)c2ccc(F)cc21)c1ccccc1. The second-order valence-corrected chi connectivity index (χ2v) is 6.26. The number of amides is 1. The molecule has 3 aromatic rings. The maximum absolute atomic E-state index is 13.8. The van der Waals surface area contributed by atoms with Crippen LogP contribution in [0.3, 0.4) is 0 Å². The van der Waals surface area contributed by atoms with Gasteiger partial charge in [-0.3, -0.25) is 4.79 Å². The first-order chi connectivity index (χ1) is 13.1. The van der Waals surface area contributed by atoms with Gasteiger partial charge in [0.25, 0.3) is 5.91 Å². The van der Waals surface area contributed by atoms with E-state index < -0.39 is 17.9 Å². The number of hydrogen-bond donors (Lipinski definition) is 0. The van der Waals surface area contributed by atoms with Gasteiger partial charge in [-0.1, -0.05) is 48.5 Å². The fourth-order valence-electron chi connectivity index (χ4n) is 3.17. The summed E-state index contributed by atoms with van der Waals surface area (Å²) in [6.45, 7) is 0.317. The van der Waals surface area contributed by atoms with Crippen molar-refractivity contribution in [2.24, 2.45) is 0 Å². The van der Waals surface area contributed by atoms with E-state index in [9.17, 15) is 14.0 Å². The number of carbonyl (C=O) groups is 2. The Morgan fingerprint density at radius 2 is 1.63 bits per heavy atom. The Labute approximate surface area is 155 Å². The van der Waals surface area contributed by atoms with E-state index in [4.69, 9.17) is 4.74 Å². The molecule has 134 valence electrons. The van der Waals surface area contributed by atoms with Crippen LogP contribution in [-0.4, -0.2) is 11.9 Å². The van der Waals surface area contributed by atoms with Crippen molar-refractivity contribution in [2.45, 2.75) is 12.6 Å². The molecule has 5 heteroatoms. The molecule has 0 bridgehead atoms. The summed E-state index contributed by atoms with van der Waals surface area (Å²) in [6, 6.07) is 22.0. The zero-order chi connectivity index (χ0) is 18.8. The molecule has 1 atom stereocenters. The highest BCUT2D eigenvalue weighted by Gasteiger charge is 2.40. The summed E-state index contributed by atoms with van der Waals surface area (Å²) in [5.74, 6) is -1.49. The quantitative estimate of drug-likeness (QED) is 0.652. The Morgan fingerprint density at radius 3 is 2.33 bits per heavy atom. The fraction of sp³-hybridized carbons (Fsp3) is 0.0909. The van der Waals surface area contributed by atoms with Crippen LogP contribution in [0.1, 0.15) is 27.6 Å². The zero-order valence-electron chi connectivity index (χ0n) is 14.3. The molecule has 1 aliphatic rings. The number of ether oxygens (including phenoxy) is 1. The fourth-order valence-corrected chi connectivity index (χ4v) is 3.17. The van der Waals surface area contributed by atoms with E-state index in [1.165, 1.54) is 17.0 Å². The standard InChI is InChI=1S/C22H16FNO3/c23-17-11-12-19-18(13-17)20(27-22(26)16-9-5-2-6-10-16)21(25)24(19)14-15-7-3-1-4-8-15/h1-13,20H,14H2. The molecule has 1 aliphatic heterocycles. The molecule has 1 unspecified atom stereocenters. The Hall–Kier alpha value is -3.47. The van der Waals surface area contributed by atoms with Crippen molar-refractivity contribution in [3.05, 3.63) is 101 Å². The molecule has 27 heavy (non-hydrogen) atoms. The number of esters is 1. The van der Waals surface area contributed by atoms with Gasteiger partial charge >= 0.3 is 5.97 Å². The molecule has 0 N–H and O–H groups in total. The molecule has 0 fully saturated rings. The van der Waals surface area contributed by atoms with E-state index in [1.54, 1.807) is 36.4 Å². The highest BCUT2D eigenvalue weighted by molar-refractivity contribution is 6.05. The van der Waals surface area contributed by atoms with Crippen LogP contribution in [0, 0.1) is 5.82 Å². The molecule has 0 aliphatic carbocycles. The van der Waals surface area contributed by atoms with Crippen LogP contribution >= 0.6 is 0 Å². The van der Waals surface area contributed by atoms with Gasteiger partial charge in [0.15, 0.2) is 0 Å². The van der Waals surface area contributed by atoms with Gasteiger partial charge in [0.2, 0.25) is 6.10 Å². The Kier molecular flexibility index (Phi) is 4.42. The summed E-state index contributed by atoms with van der Waals surface area (Å²) in [5.41, 5.74) is 2.18. The van der Waals surface area contributed by atoms with Crippen LogP contribution < -0.4 is 4.90 Å². The lowest BCUT2D eigenvalue weighted by molar-refractivity contribution is -0.126. The number of anilines is 1. The number of rotatable bonds is 4. The number of benzene rings is 3. The second kappa shape index (κ2) is 7.03. The van der Waals surface area contributed by atoms with Gasteiger partial charge in [-0.05, 0) is 35.9 Å². The predicted molar refractivity (Wildman–Crippen MR) is 98.6 cm³/mol. The summed E-state index contributed by atoms with van der Waals surface area (Å²) < 4.78 is 19.3. The largest absolute Gasteiger partial charge is 0.444 e. The first-order valence-electron chi connectivity index (χ1n) is 8.54. The highest BCUT2D eigenvalue weighted by Crippen LogP contribution is 2.39. The maximum Gasteiger partial charge on any atom is 0.339 e. The lowest BCUT2D eigenvalue weighted by Gasteiger charge is -2.18. The minimum absolute atomic E-state index is 0.317. The van der Waals surface area contributed by atoms with Gasteiger partial charge in [0, 0.05) is 5.56 Å². The average Bonchev–Trinajstić information content (AvgIpc) is 2.94. The molecular formula is C22H16FNO3. The molecule has 3 aromatic carbocycles. The van der Waals surface area contributed by atoms with Gasteiger partial charge in [-0.15, -0.1) is 0 Å². The van der Waals surface area contributed by atoms with Crippen molar-refractivity contribution in [2.75, 3.05) is 4.90 Å². The lowest BCUT2D eigenvalue weighted by atomic mass is 10.1. The van der Waals surface area contributed by atoms with Crippen molar-refractivity contribution in [1.82, 2.24) is 0 Å². The number of nitrogens with zero attached hydrogens (tertiary/aromatic N) is 1. The van der Waals surface area contributed by atoms with Crippen LogP contribution in [-0.2, 0) is 16.1 Å². The summed E-state index contributed by atoms with van der Waals surface area (Å²) in [4.78, 5) is 26.9. The van der Waals surface area contributed by atoms with Crippen LogP contribution in [0.4, 0.5) is 10.1 Å². The molecule has 0 saturated carbocycles. The van der Waals surface area contributed by atoms with E-state index in [0.29, 0.717) is 23.4 Å². The molecule has 1 amide bonds. The van der Waals surface area contributed by atoms with Crippen molar-refractivity contribution >= 4 is 17.6 Å². The van der Waals surface area contributed by atoms with Crippen LogP contribution in [0.25, 0.3) is 0 Å². The first-order valence-corrected chi connectivity index (χ1v) is 8.54. The molecule has 0 spiro atoms. The second-order valence-electron chi connectivity index (χ2n) is 6.26. The van der Waals surface area contributed by atoms with E-state index in [1.807, 2.05) is 30.3 Å². The van der Waals surface area contributed by atoms with Gasteiger partial charge in [-0.25, -0.2) is 9.18 Å². The molecule has 1 heterocycles. The lowest BCUT2D eigenvalue weighted by Crippen LogP contribution is -2.30. The van der Waals surface area contributed by atoms with Crippen molar-refractivity contribution < 1.29 is 18.7 Å². The number of halogens is 1. The molecule has 0 aromatic heterocycles. The Morgan fingerprint density at radius 1 is 0.963 bits per heavy atom. The van der Waals surface area contributed by atoms with Crippen molar-refractivity contribution in [3.63, 3.8) is 0 Å². The zero-order valence-corrected chi connectivity index (χ0v) is 14.3. The van der Waals surface area contributed by atoms with E-state index in [0.717, 1.165) is 5.56 Å². The Bertz CT molecular complexity index is 989. The highest BCUT2D eigenvalue weighted by atomic mass is 19.1. The maximum atomic E-state index is 13.8. The summed E-state index contributed by atoms with van der Waals surface area (Å²) in [6.07, 6.45) is -1.16. The topological polar surface area (TPSA) is 46.6 Å². The third-order valence-electron chi connectivity index (χ3n) is 4.47. The predicted octanol–water partition coefficient (Wildman–Crippen LogP) is 4.27.